The number of hydrogen-bond donors (Lipinski definition) is 2. The number of aryl methyl sites for hydroxylation is 1. The number of nitrogens with one attached hydrogen (secondary N) is 2. The van der Waals surface area contributed by atoms with Gasteiger partial charge in [0.2, 0.25) is 5.91 Å². The van der Waals surface area contributed by atoms with E-state index in [4.69, 9.17) is 29.1 Å². The summed E-state index contributed by atoms with van der Waals surface area (Å²) >= 11 is 12.0. The van der Waals surface area contributed by atoms with Crippen LogP contribution in [0.5, 0.6) is 0 Å². The predicted molar refractivity (Wildman–Crippen MR) is 177 cm³/mol. The molecule has 46 heavy (non-hydrogen) atoms. The molecule has 240 valence electrons. The molecule has 0 spiro atoms. The lowest BCUT2D eigenvalue weighted by Gasteiger charge is -2.33. The number of thiocarbonyl (C=S) groups is 1. The van der Waals surface area contributed by atoms with Crippen LogP contribution in [-0.2, 0) is 30.5 Å². The van der Waals surface area contributed by atoms with Gasteiger partial charge in [0, 0.05) is 48.3 Å². The van der Waals surface area contributed by atoms with E-state index in [-0.39, 0.29) is 42.0 Å². The second-order valence-electron chi connectivity index (χ2n) is 11.3. The highest BCUT2D eigenvalue weighted by atomic mass is 35.5. The van der Waals surface area contributed by atoms with Gasteiger partial charge in [0.15, 0.2) is 5.11 Å². The zero-order valence-electron chi connectivity index (χ0n) is 25.6. The first-order chi connectivity index (χ1) is 21.8. The first kappa shape index (κ1) is 34.5. The summed E-state index contributed by atoms with van der Waals surface area (Å²) in [5.41, 5.74) is 2.97. The lowest BCUT2D eigenvalue weighted by Crippen LogP contribution is -2.49. The molecule has 1 aromatic heterocycles. The van der Waals surface area contributed by atoms with Gasteiger partial charge in [-0.3, -0.25) is 4.79 Å². The van der Waals surface area contributed by atoms with E-state index in [1.54, 1.807) is 47.8 Å². The van der Waals surface area contributed by atoms with E-state index < -0.39 is 17.8 Å². The number of halogens is 4. The van der Waals surface area contributed by atoms with Gasteiger partial charge >= 0.3 is 6.18 Å². The molecule has 0 aliphatic heterocycles. The molecule has 0 aliphatic carbocycles. The molecule has 0 bridgehead atoms. The Kier molecular flexibility index (Phi) is 11.4. The summed E-state index contributed by atoms with van der Waals surface area (Å²) in [6.07, 6.45) is -1.24. The van der Waals surface area contributed by atoms with E-state index in [1.165, 1.54) is 12.1 Å². The number of carbonyl (C=O) groups is 1. The summed E-state index contributed by atoms with van der Waals surface area (Å²) in [5.74, 6) is -0.343. The van der Waals surface area contributed by atoms with Gasteiger partial charge in [0.1, 0.15) is 0 Å². The zero-order valence-corrected chi connectivity index (χ0v) is 27.2. The van der Waals surface area contributed by atoms with Crippen LogP contribution >= 0.6 is 23.8 Å². The van der Waals surface area contributed by atoms with Gasteiger partial charge in [-0.05, 0) is 72.1 Å². The third kappa shape index (κ3) is 9.31. The highest BCUT2D eigenvalue weighted by molar-refractivity contribution is 7.80. The molecule has 3 aromatic carbocycles. The maximum absolute atomic E-state index is 13.9. The van der Waals surface area contributed by atoms with E-state index in [0.717, 1.165) is 17.2 Å². The molecule has 0 saturated heterocycles. The summed E-state index contributed by atoms with van der Waals surface area (Å²) in [7, 11) is 0. The average Bonchev–Trinajstić information content (AvgIpc) is 3.44. The number of aromatic nitrogens is 2. The normalized spacial score (nSPS) is 12.0. The fraction of sp³-hybridized carbons (Fsp3) is 0.294. The van der Waals surface area contributed by atoms with Crippen molar-refractivity contribution in [2.45, 2.75) is 52.5 Å². The largest absolute Gasteiger partial charge is 0.416 e. The van der Waals surface area contributed by atoms with Crippen LogP contribution in [0.2, 0.25) is 5.02 Å². The monoisotopic (exact) mass is 666 g/mol. The number of nitriles is 1. The molecule has 0 unspecified atom stereocenters. The standard InChI is InChI=1S/C34H34ClF3N6OS/c1-22(2)31(42-32(45)15-28-17-40-21-44(28)18-25-11-9-24(16-39)10-12-25)20-43(19-26-6-4-5-7-29(26)34(36,37)38)33(46)41-27-13-8-23(3)30(35)14-27/h4-14,17,21-22,31H,15,18-20H2,1-3H3,(H,41,46)(H,42,45)/t31-/m1/s1. The minimum Gasteiger partial charge on any atom is -0.351 e. The van der Waals surface area contributed by atoms with Crippen LogP contribution < -0.4 is 10.6 Å². The second-order valence-corrected chi connectivity index (χ2v) is 12.1. The molecule has 2 N–H and O–H groups in total. The van der Waals surface area contributed by atoms with Gasteiger partial charge in [0.25, 0.3) is 0 Å². The van der Waals surface area contributed by atoms with Crippen LogP contribution in [0, 0.1) is 24.2 Å². The van der Waals surface area contributed by atoms with Crippen molar-refractivity contribution in [2.75, 3.05) is 11.9 Å². The van der Waals surface area contributed by atoms with E-state index >= 15 is 0 Å². The Bertz CT molecular complexity index is 1720. The average molecular weight is 667 g/mol. The lowest BCUT2D eigenvalue weighted by atomic mass is 10.0. The number of carbonyl (C=O) groups excluding carboxylic acids is 1. The van der Waals surface area contributed by atoms with Crippen LogP contribution in [0.25, 0.3) is 0 Å². The SMILES string of the molecule is Cc1ccc(NC(=S)N(Cc2ccccc2C(F)(F)F)C[C@@H](NC(=O)Cc2cncn2Cc2ccc(C#N)cc2)C(C)C)cc1Cl. The highest BCUT2D eigenvalue weighted by Crippen LogP contribution is 2.32. The van der Waals surface area contributed by atoms with Gasteiger partial charge in [-0.15, -0.1) is 0 Å². The van der Waals surface area contributed by atoms with Gasteiger partial charge in [-0.1, -0.05) is 61.8 Å². The Morgan fingerprint density at radius 1 is 1.13 bits per heavy atom. The van der Waals surface area contributed by atoms with Gasteiger partial charge in [-0.25, -0.2) is 4.98 Å². The van der Waals surface area contributed by atoms with Crippen LogP contribution in [0.3, 0.4) is 0 Å². The van der Waals surface area contributed by atoms with E-state index in [9.17, 15) is 18.0 Å². The molecular weight excluding hydrogens is 633 g/mol. The topological polar surface area (TPSA) is 86.0 Å². The fourth-order valence-electron chi connectivity index (χ4n) is 4.83. The molecule has 0 radical (unpaired) electrons. The third-order valence-corrected chi connectivity index (χ3v) is 8.31. The fourth-order valence-corrected chi connectivity index (χ4v) is 5.27. The van der Waals surface area contributed by atoms with Crippen molar-refractivity contribution >= 4 is 40.5 Å². The van der Waals surface area contributed by atoms with Crippen LogP contribution in [0.15, 0.2) is 79.3 Å². The minimum atomic E-state index is -4.55. The molecule has 1 heterocycles. The van der Waals surface area contributed by atoms with E-state index in [0.29, 0.717) is 28.5 Å². The smallest absolute Gasteiger partial charge is 0.351 e. The summed E-state index contributed by atoms with van der Waals surface area (Å²) in [4.78, 5) is 19.2. The Balaban J connectivity index is 1.53. The number of benzene rings is 3. The molecule has 4 rings (SSSR count). The van der Waals surface area contributed by atoms with Crippen molar-refractivity contribution in [3.63, 3.8) is 0 Å². The molecule has 4 aromatic rings. The van der Waals surface area contributed by atoms with Crippen molar-refractivity contribution in [1.82, 2.24) is 19.8 Å². The molecule has 12 heteroatoms. The molecular formula is C34H34ClF3N6OS. The van der Waals surface area contributed by atoms with Crippen molar-refractivity contribution in [2.24, 2.45) is 5.92 Å². The van der Waals surface area contributed by atoms with Crippen molar-refractivity contribution in [1.29, 1.82) is 5.26 Å². The Morgan fingerprint density at radius 2 is 1.85 bits per heavy atom. The Labute approximate surface area is 277 Å². The zero-order chi connectivity index (χ0) is 33.4. The van der Waals surface area contributed by atoms with Crippen molar-refractivity contribution in [3.8, 4) is 6.07 Å². The first-order valence-electron chi connectivity index (χ1n) is 14.6. The van der Waals surface area contributed by atoms with Gasteiger partial charge in [-0.2, -0.15) is 18.4 Å². The number of alkyl halides is 3. The van der Waals surface area contributed by atoms with Crippen molar-refractivity contribution < 1.29 is 18.0 Å². The number of imidazole rings is 1. The summed E-state index contributed by atoms with van der Waals surface area (Å²) in [6, 6.07) is 19.5. The molecule has 1 atom stereocenters. The van der Waals surface area contributed by atoms with Crippen LogP contribution in [-0.4, -0.2) is 38.1 Å². The number of nitrogens with zero attached hydrogens (tertiary/aromatic N) is 4. The first-order valence-corrected chi connectivity index (χ1v) is 15.4. The number of anilines is 1. The maximum Gasteiger partial charge on any atom is 0.416 e. The van der Waals surface area contributed by atoms with E-state index in [1.807, 2.05) is 43.5 Å². The quantitative estimate of drug-likeness (QED) is 0.163. The Hall–Kier alpha value is -4.40. The summed E-state index contributed by atoms with van der Waals surface area (Å²) < 4.78 is 43.6. The van der Waals surface area contributed by atoms with Crippen molar-refractivity contribution in [3.05, 3.63) is 118 Å². The Morgan fingerprint density at radius 3 is 2.50 bits per heavy atom. The molecule has 1 amide bonds. The maximum atomic E-state index is 13.9. The number of hydrogen-bond acceptors (Lipinski definition) is 4. The molecule has 0 aliphatic rings. The van der Waals surface area contributed by atoms with Crippen LogP contribution in [0.1, 0.15) is 47.4 Å². The number of rotatable bonds is 11. The third-order valence-electron chi connectivity index (χ3n) is 7.54. The predicted octanol–water partition coefficient (Wildman–Crippen LogP) is 7.37. The van der Waals surface area contributed by atoms with Gasteiger partial charge in [0.05, 0.1) is 29.9 Å². The lowest BCUT2D eigenvalue weighted by molar-refractivity contribution is -0.138. The summed E-state index contributed by atoms with van der Waals surface area (Å²) in [5, 5.41) is 15.9. The molecule has 0 fully saturated rings. The number of amides is 1. The van der Waals surface area contributed by atoms with Gasteiger partial charge < -0.3 is 20.1 Å². The minimum absolute atomic E-state index is 0.0426. The second kappa shape index (κ2) is 15.3. The summed E-state index contributed by atoms with van der Waals surface area (Å²) in [6.45, 7) is 6.19. The van der Waals surface area contributed by atoms with Crippen LogP contribution in [0.4, 0.5) is 18.9 Å². The molecule has 0 saturated carbocycles. The van der Waals surface area contributed by atoms with E-state index in [2.05, 4.69) is 21.7 Å². The molecule has 7 nitrogen and oxygen atoms in total. The highest BCUT2D eigenvalue weighted by Gasteiger charge is 2.34.